The highest BCUT2D eigenvalue weighted by molar-refractivity contribution is 9.10. The second-order valence-electron chi connectivity index (χ2n) is 3.10. The Morgan fingerprint density at radius 1 is 1.65 bits per heavy atom. The summed E-state index contributed by atoms with van der Waals surface area (Å²) in [6.07, 6.45) is 1.53. The lowest BCUT2D eigenvalue weighted by atomic mass is 10.1. The number of benzene rings is 1. The molecule has 0 amide bonds. The molecule has 1 aromatic rings. The predicted molar refractivity (Wildman–Crippen MR) is 65.8 cm³/mol. The molecule has 0 aromatic heterocycles. The Morgan fingerprint density at radius 3 is 2.88 bits per heavy atom. The number of ether oxygens (including phenoxy) is 1. The van der Waals surface area contributed by atoms with Crippen LogP contribution < -0.4 is 4.74 Å². The van der Waals surface area contributed by atoms with Crippen molar-refractivity contribution in [3.8, 4) is 11.8 Å². The van der Waals surface area contributed by atoms with Crippen molar-refractivity contribution in [1.29, 1.82) is 5.26 Å². The quantitative estimate of drug-likeness (QED) is 0.475. The van der Waals surface area contributed by atoms with Gasteiger partial charge in [0.05, 0.1) is 21.9 Å². The summed E-state index contributed by atoms with van der Waals surface area (Å²) in [6, 6.07) is 4.72. The minimum atomic E-state index is -0.519. The third-order valence-corrected chi connectivity index (χ3v) is 2.58. The molecule has 0 aliphatic heterocycles. The van der Waals surface area contributed by atoms with Gasteiger partial charge in [0.25, 0.3) is 5.69 Å². The molecule has 0 aliphatic carbocycles. The molecule has 6 heteroatoms. The van der Waals surface area contributed by atoms with E-state index >= 15 is 0 Å². The van der Waals surface area contributed by atoms with Crippen LogP contribution in [0.3, 0.4) is 0 Å². The fourth-order valence-electron chi connectivity index (χ4n) is 1.24. The number of nitriles is 1. The number of nitrogens with zero attached hydrogens (tertiary/aromatic N) is 2. The molecule has 0 saturated heterocycles. The highest BCUT2D eigenvalue weighted by Crippen LogP contribution is 2.33. The number of nitro groups is 1. The molecule has 88 valence electrons. The largest absolute Gasteiger partial charge is 0.488 e. The number of halogens is 1. The van der Waals surface area contributed by atoms with Gasteiger partial charge in [-0.1, -0.05) is 12.7 Å². The van der Waals surface area contributed by atoms with Crippen molar-refractivity contribution in [1.82, 2.24) is 0 Å². The van der Waals surface area contributed by atoms with Crippen LogP contribution in [-0.4, -0.2) is 11.5 Å². The number of hydrogen-bond acceptors (Lipinski definition) is 4. The summed E-state index contributed by atoms with van der Waals surface area (Å²) in [4.78, 5) is 10.3. The van der Waals surface area contributed by atoms with Crippen molar-refractivity contribution < 1.29 is 9.66 Å². The lowest BCUT2D eigenvalue weighted by molar-refractivity contribution is -0.385. The van der Waals surface area contributed by atoms with Crippen LogP contribution in [0, 0.1) is 21.4 Å². The Balaban J connectivity index is 3.19. The molecule has 0 radical (unpaired) electrons. The fraction of sp³-hybridized carbons (Fsp3) is 0.182. The van der Waals surface area contributed by atoms with Gasteiger partial charge in [-0.25, -0.2) is 0 Å². The molecule has 5 nitrogen and oxygen atoms in total. The van der Waals surface area contributed by atoms with E-state index in [0.717, 1.165) is 0 Å². The summed E-state index contributed by atoms with van der Waals surface area (Å²) in [5.74, 6) is 0.459. The van der Waals surface area contributed by atoms with Crippen LogP contribution in [0.1, 0.15) is 5.56 Å². The summed E-state index contributed by atoms with van der Waals surface area (Å²) in [5.41, 5.74) is 0.240. The van der Waals surface area contributed by atoms with E-state index in [9.17, 15) is 10.1 Å². The van der Waals surface area contributed by atoms with Crippen molar-refractivity contribution in [3.63, 3.8) is 0 Å². The minimum absolute atomic E-state index is 0.0337. The van der Waals surface area contributed by atoms with E-state index in [-0.39, 0.29) is 12.1 Å². The van der Waals surface area contributed by atoms with Gasteiger partial charge < -0.3 is 4.74 Å². The van der Waals surface area contributed by atoms with Crippen molar-refractivity contribution in [2.75, 3.05) is 6.61 Å². The summed E-state index contributed by atoms with van der Waals surface area (Å²) >= 11 is 3.18. The Labute approximate surface area is 107 Å². The van der Waals surface area contributed by atoms with Crippen LogP contribution in [-0.2, 0) is 6.42 Å². The van der Waals surface area contributed by atoms with E-state index in [4.69, 9.17) is 10.00 Å². The van der Waals surface area contributed by atoms with Gasteiger partial charge in [0.15, 0.2) is 0 Å². The Morgan fingerprint density at radius 2 is 2.35 bits per heavy atom. The molecule has 1 aromatic carbocycles. The smallest absolute Gasteiger partial charge is 0.275 e. The second kappa shape index (κ2) is 6.01. The molecule has 0 N–H and O–H groups in total. The zero-order valence-corrected chi connectivity index (χ0v) is 10.4. The highest BCUT2D eigenvalue weighted by atomic mass is 79.9. The molecule has 0 spiro atoms. The summed E-state index contributed by atoms with van der Waals surface area (Å²) < 4.78 is 5.79. The zero-order chi connectivity index (χ0) is 12.8. The number of hydrogen-bond donors (Lipinski definition) is 0. The summed E-state index contributed by atoms with van der Waals surface area (Å²) in [6.45, 7) is 3.80. The van der Waals surface area contributed by atoms with Gasteiger partial charge in [-0.05, 0) is 22.0 Å². The first kappa shape index (κ1) is 13.2. The van der Waals surface area contributed by atoms with Gasteiger partial charge in [0.1, 0.15) is 12.4 Å². The van der Waals surface area contributed by atoms with Gasteiger partial charge >= 0.3 is 0 Å². The average molecular weight is 297 g/mol. The minimum Gasteiger partial charge on any atom is -0.488 e. The molecular weight excluding hydrogens is 288 g/mol. The lowest BCUT2D eigenvalue weighted by Gasteiger charge is -2.07. The number of rotatable bonds is 5. The SMILES string of the molecule is C=CCOc1cc(CC#N)c([N+](=O)[O-])cc1Br. The third-order valence-electron chi connectivity index (χ3n) is 1.96. The topological polar surface area (TPSA) is 76.2 Å². The van der Waals surface area contributed by atoms with Crippen LogP contribution in [0.2, 0.25) is 0 Å². The Hall–Kier alpha value is -1.87. The molecule has 0 aliphatic rings. The summed E-state index contributed by atoms with van der Waals surface area (Å²) in [5, 5.41) is 19.4. The van der Waals surface area contributed by atoms with E-state index in [0.29, 0.717) is 22.4 Å². The van der Waals surface area contributed by atoms with Crippen LogP contribution in [0.5, 0.6) is 5.75 Å². The van der Waals surface area contributed by atoms with Crippen molar-refractivity contribution in [2.24, 2.45) is 0 Å². The average Bonchev–Trinajstić information content (AvgIpc) is 2.29. The monoisotopic (exact) mass is 296 g/mol. The molecule has 0 bridgehead atoms. The van der Waals surface area contributed by atoms with Crippen molar-refractivity contribution >= 4 is 21.6 Å². The fourth-order valence-corrected chi connectivity index (χ4v) is 1.69. The van der Waals surface area contributed by atoms with Gasteiger partial charge in [0.2, 0.25) is 0 Å². The first-order valence-corrected chi connectivity index (χ1v) is 5.47. The highest BCUT2D eigenvalue weighted by Gasteiger charge is 2.17. The summed E-state index contributed by atoms with van der Waals surface area (Å²) in [7, 11) is 0. The second-order valence-corrected chi connectivity index (χ2v) is 3.96. The maximum absolute atomic E-state index is 10.8. The van der Waals surface area contributed by atoms with Gasteiger partial charge in [0, 0.05) is 11.6 Å². The molecule has 0 fully saturated rings. The molecule has 0 atom stereocenters. The van der Waals surface area contributed by atoms with Gasteiger partial charge in [-0.3, -0.25) is 10.1 Å². The van der Waals surface area contributed by atoms with Gasteiger partial charge in [-0.2, -0.15) is 5.26 Å². The molecule has 0 heterocycles. The van der Waals surface area contributed by atoms with Crippen LogP contribution in [0.25, 0.3) is 0 Å². The van der Waals surface area contributed by atoms with Crippen LogP contribution in [0.15, 0.2) is 29.3 Å². The standard InChI is InChI=1S/C11H9BrN2O3/c1-2-5-17-11-6-8(3-4-13)10(14(15)16)7-9(11)12/h2,6-7H,1,3,5H2. The lowest BCUT2D eigenvalue weighted by Crippen LogP contribution is -1.99. The predicted octanol–water partition coefficient (Wildman–Crippen LogP) is 2.99. The van der Waals surface area contributed by atoms with E-state index in [1.807, 2.05) is 6.07 Å². The van der Waals surface area contributed by atoms with Crippen molar-refractivity contribution in [2.45, 2.75) is 6.42 Å². The molecular formula is C11H9BrN2O3. The van der Waals surface area contributed by atoms with E-state index < -0.39 is 4.92 Å². The van der Waals surface area contributed by atoms with Crippen molar-refractivity contribution in [3.05, 3.63) is 44.9 Å². The van der Waals surface area contributed by atoms with Gasteiger partial charge in [-0.15, -0.1) is 0 Å². The maximum Gasteiger partial charge on any atom is 0.275 e. The molecule has 1 rings (SSSR count). The van der Waals surface area contributed by atoms with E-state index in [1.54, 1.807) is 6.08 Å². The first-order valence-electron chi connectivity index (χ1n) is 4.67. The van der Waals surface area contributed by atoms with Crippen LogP contribution >= 0.6 is 15.9 Å². The molecule has 17 heavy (non-hydrogen) atoms. The Bertz CT molecular complexity index is 494. The Kier molecular flexibility index (Phi) is 4.67. The maximum atomic E-state index is 10.8. The number of nitro benzene ring substituents is 1. The zero-order valence-electron chi connectivity index (χ0n) is 8.85. The van der Waals surface area contributed by atoms with E-state index in [2.05, 4.69) is 22.5 Å². The third kappa shape index (κ3) is 3.29. The molecule has 0 unspecified atom stereocenters. The first-order chi connectivity index (χ1) is 8.10. The normalized spacial score (nSPS) is 9.41. The van der Waals surface area contributed by atoms with E-state index in [1.165, 1.54) is 12.1 Å². The van der Waals surface area contributed by atoms with Crippen LogP contribution in [0.4, 0.5) is 5.69 Å². The molecule has 0 saturated carbocycles.